The fourth-order valence-corrected chi connectivity index (χ4v) is 2.29. The fourth-order valence-electron chi connectivity index (χ4n) is 2.29. The van der Waals surface area contributed by atoms with Crippen LogP contribution in [-0.4, -0.2) is 35.0 Å². The molecule has 1 saturated carbocycles. The first-order valence-corrected chi connectivity index (χ1v) is 5.42. The molecule has 1 saturated heterocycles. The highest BCUT2D eigenvalue weighted by Gasteiger charge is 2.48. The van der Waals surface area contributed by atoms with Crippen molar-refractivity contribution in [1.82, 2.24) is 4.90 Å². The number of likely N-dealkylation sites (tertiary alicyclic amines) is 1. The van der Waals surface area contributed by atoms with E-state index in [-0.39, 0.29) is 23.8 Å². The first-order chi connectivity index (χ1) is 6.88. The van der Waals surface area contributed by atoms with Gasteiger partial charge in [-0.25, -0.2) is 4.79 Å². The van der Waals surface area contributed by atoms with E-state index in [4.69, 9.17) is 4.74 Å². The highest BCUT2D eigenvalue weighted by Crippen LogP contribution is 2.35. The lowest BCUT2D eigenvalue weighted by atomic mass is 10.1. The van der Waals surface area contributed by atoms with Gasteiger partial charge in [0.15, 0.2) is 5.78 Å². The van der Waals surface area contributed by atoms with Gasteiger partial charge in [-0.15, -0.1) is 0 Å². The largest absolute Gasteiger partial charge is 0.444 e. The van der Waals surface area contributed by atoms with E-state index in [1.807, 2.05) is 20.8 Å². The van der Waals surface area contributed by atoms with Crippen molar-refractivity contribution in [3.63, 3.8) is 0 Å². The van der Waals surface area contributed by atoms with Gasteiger partial charge in [-0.05, 0) is 33.6 Å². The molecule has 2 bridgehead atoms. The third-order valence-corrected chi connectivity index (χ3v) is 2.94. The first kappa shape index (κ1) is 10.5. The summed E-state index contributed by atoms with van der Waals surface area (Å²) in [5.74, 6) is 0.295. The molecule has 2 unspecified atom stereocenters. The molecule has 0 N–H and O–H groups in total. The van der Waals surface area contributed by atoms with Gasteiger partial charge in [0.1, 0.15) is 5.60 Å². The van der Waals surface area contributed by atoms with Gasteiger partial charge in [-0.2, -0.15) is 0 Å². The van der Waals surface area contributed by atoms with E-state index in [9.17, 15) is 9.59 Å². The molecule has 15 heavy (non-hydrogen) atoms. The van der Waals surface area contributed by atoms with Gasteiger partial charge >= 0.3 is 6.09 Å². The zero-order chi connectivity index (χ0) is 11.2. The van der Waals surface area contributed by atoms with Gasteiger partial charge in [0.25, 0.3) is 0 Å². The Hall–Kier alpha value is -1.06. The number of amides is 1. The molecule has 4 heteroatoms. The van der Waals surface area contributed by atoms with Crippen LogP contribution in [0.2, 0.25) is 0 Å². The van der Waals surface area contributed by atoms with Crippen molar-refractivity contribution in [3.05, 3.63) is 0 Å². The van der Waals surface area contributed by atoms with Crippen LogP contribution < -0.4 is 0 Å². The zero-order valence-electron chi connectivity index (χ0n) is 9.45. The molecule has 0 radical (unpaired) electrons. The van der Waals surface area contributed by atoms with Crippen molar-refractivity contribution in [2.24, 2.45) is 5.92 Å². The summed E-state index contributed by atoms with van der Waals surface area (Å²) in [5.41, 5.74) is -0.484. The predicted molar refractivity (Wildman–Crippen MR) is 54.5 cm³/mol. The molecule has 1 aliphatic heterocycles. The third kappa shape index (κ3) is 1.85. The topological polar surface area (TPSA) is 46.6 Å². The van der Waals surface area contributed by atoms with Crippen LogP contribution in [-0.2, 0) is 9.53 Å². The number of piperidine rings is 1. The molecule has 2 atom stereocenters. The van der Waals surface area contributed by atoms with Crippen LogP contribution >= 0.6 is 0 Å². The minimum atomic E-state index is -0.484. The second-order valence-corrected chi connectivity index (χ2v) is 5.33. The van der Waals surface area contributed by atoms with Crippen LogP contribution in [0.5, 0.6) is 0 Å². The molecule has 4 nitrogen and oxygen atoms in total. The lowest BCUT2D eigenvalue weighted by molar-refractivity contribution is -0.120. The van der Waals surface area contributed by atoms with E-state index in [0.717, 1.165) is 12.8 Å². The number of hydrogen-bond donors (Lipinski definition) is 0. The molecule has 2 aliphatic rings. The Balaban J connectivity index is 2.02. The third-order valence-electron chi connectivity index (χ3n) is 2.94. The van der Waals surface area contributed by atoms with Crippen LogP contribution in [0.1, 0.15) is 33.6 Å². The summed E-state index contributed by atoms with van der Waals surface area (Å²) in [7, 11) is 0. The molecule has 0 aromatic carbocycles. The van der Waals surface area contributed by atoms with E-state index in [1.165, 1.54) is 0 Å². The lowest BCUT2D eigenvalue weighted by Crippen LogP contribution is -2.42. The molecular weight excluding hydrogens is 194 g/mol. The summed E-state index contributed by atoms with van der Waals surface area (Å²) in [6.07, 6.45) is 1.40. The first-order valence-electron chi connectivity index (χ1n) is 5.42. The van der Waals surface area contributed by atoms with E-state index in [2.05, 4.69) is 0 Å². The summed E-state index contributed by atoms with van der Waals surface area (Å²) >= 11 is 0. The predicted octanol–water partition coefficient (Wildman–Crippen LogP) is 1.58. The van der Waals surface area contributed by atoms with Crippen molar-refractivity contribution in [2.45, 2.75) is 45.3 Å². The number of Topliss-reactive ketones (excluding diaryl/α,β-unsaturated/α-hetero) is 1. The molecule has 1 aliphatic carbocycles. The molecule has 1 heterocycles. The quantitative estimate of drug-likeness (QED) is 0.611. The standard InChI is InChI=1S/C11H17NO3/c1-11(2,3)15-10(14)12-6-7-4-5-8(12)9(7)13/h7-8H,4-6H2,1-3H3. The number of carbonyl (C=O) groups is 2. The highest BCUT2D eigenvalue weighted by atomic mass is 16.6. The van der Waals surface area contributed by atoms with Gasteiger partial charge in [0.2, 0.25) is 0 Å². The molecule has 84 valence electrons. The van der Waals surface area contributed by atoms with Gasteiger partial charge < -0.3 is 4.74 Å². The second-order valence-electron chi connectivity index (χ2n) is 5.33. The van der Waals surface area contributed by atoms with E-state index >= 15 is 0 Å². The smallest absolute Gasteiger partial charge is 0.410 e. The van der Waals surface area contributed by atoms with Gasteiger partial charge in [-0.3, -0.25) is 9.69 Å². The number of ether oxygens (including phenoxy) is 1. The average Bonchev–Trinajstić information content (AvgIpc) is 2.59. The number of ketones is 1. The monoisotopic (exact) mass is 211 g/mol. The van der Waals surface area contributed by atoms with Crippen molar-refractivity contribution in [3.8, 4) is 0 Å². The van der Waals surface area contributed by atoms with Gasteiger partial charge in [0, 0.05) is 12.5 Å². The van der Waals surface area contributed by atoms with Crippen LogP contribution in [0, 0.1) is 5.92 Å². The SMILES string of the molecule is CC(C)(C)OC(=O)N1CC2CCC1C2=O. The maximum atomic E-state index is 11.7. The Morgan fingerprint density at radius 3 is 2.47 bits per heavy atom. The lowest BCUT2D eigenvalue weighted by Gasteiger charge is -2.29. The highest BCUT2D eigenvalue weighted by molar-refractivity contribution is 5.94. The van der Waals surface area contributed by atoms with Crippen molar-refractivity contribution < 1.29 is 14.3 Å². The minimum absolute atomic E-state index is 0.0718. The molecule has 0 aromatic heterocycles. The average molecular weight is 211 g/mol. The number of hydrogen-bond acceptors (Lipinski definition) is 3. The Bertz CT molecular complexity index is 305. The second kappa shape index (κ2) is 3.22. The number of fused-ring (bicyclic) bond motifs is 2. The number of rotatable bonds is 0. The number of nitrogens with zero attached hydrogens (tertiary/aromatic N) is 1. The number of carbonyl (C=O) groups excluding carboxylic acids is 2. The van der Waals surface area contributed by atoms with Crippen LogP contribution in [0.4, 0.5) is 4.79 Å². The zero-order valence-corrected chi connectivity index (χ0v) is 9.45. The van der Waals surface area contributed by atoms with Crippen molar-refractivity contribution >= 4 is 11.9 Å². The molecule has 0 spiro atoms. The molecule has 1 amide bonds. The summed E-state index contributed by atoms with van der Waals surface area (Å²) in [6.45, 7) is 6.06. The van der Waals surface area contributed by atoms with E-state index in [1.54, 1.807) is 4.90 Å². The molecule has 2 fully saturated rings. The summed E-state index contributed by atoms with van der Waals surface area (Å²) in [4.78, 5) is 24.9. The van der Waals surface area contributed by atoms with Crippen LogP contribution in [0.25, 0.3) is 0 Å². The molecule has 2 rings (SSSR count). The molecule has 0 aromatic rings. The van der Waals surface area contributed by atoms with E-state index in [0.29, 0.717) is 6.54 Å². The van der Waals surface area contributed by atoms with Crippen LogP contribution in [0.3, 0.4) is 0 Å². The summed E-state index contributed by atoms with van der Waals surface area (Å²) in [6, 6.07) is -0.204. The van der Waals surface area contributed by atoms with Crippen molar-refractivity contribution in [2.75, 3.05) is 6.54 Å². The Labute approximate surface area is 89.6 Å². The Kier molecular flexibility index (Phi) is 2.24. The summed E-state index contributed by atoms with van der Waals surface area (Å²) < 4.78 is 5.26. The fraction of sp³-hybridized carbons (Fsp3) is 0.818. The normalized spacial score (nSPS) is 29.8. The maximum Gasteiger partial charge on any atom is 0.410 e. The summed E-state index contributed by atoms with van der Waals surface area (Å²) in [5, 5.41) is 0. The molecular formula is C11H17NO3. The minimum Gasteiger partial charge on any atom is -0.444 e. The van der Waals surface area contributed by atoms with Crippen LogP contribution in [0.15, 0.2) is 0 Å². The van der Waals surface area contributed by atoms with Gasteiger partial charge in [0.05, 0.1) is 6.04 Å². The van der Waals surface area contributed by atoms with Crippen molar-refractivity contribution in [1.29, 1.82) is 0 Å². The maximum absolute atomic E-state index is 11.7. The van der Waals surface area contributed by atoms with E-state index < -0.39 is 5.60 Å². The van der Waals surface area contributed by atoms with Gasteiger partial charge in [-0.1, -0.05) is 0 Å². The Morgan fingerprint density at radius 2 is 2.07 bits per heavy atom. The Morgan fingerprint density at radius 1 is 1.40 bits per heavy atom.